The van der Waals surface area contributed by atoms with E-state index in [2.05, 4.69) is 21.7 Å². The predicted molar refractivity (Wildman–Crippen MR) is 92.5 cm³/mol. The van der Waals surface area contributed by atoms with E-state index in [1.54, 1.807) is 31.6 Å². The number of nitrogens with one attached hydrogen (secondary N) is 1. The first kappa shape index (κ1) is 18.4. The second kappa shape index (κ2) is 8.25. The minimum Gasteiger partial charge on any atom is -0.466 e. The summed E-state index contributed by atoms with van der Waals surface area (Å²) in [6.07, 6.45) is 2.51. The maximum atomic E-state index is 11.5. The molecule has 2 aromatic rings. The second-order valence-electron chi connectivity index (χ2n) is 5.50. The molecule has 1 aromatic carbocycles. The second-order valence-corrected chi connectivity index (χ2v) is 5.50. The molecular weight excluding hydrogens is 322 g/mol. The molecule has 132 valence electrons. The van der Waals surface area contributed by atoms with Crippen LogP contribution in [0.2, 0.25) is 0 Å². The zero-order chi connectivity index (χ0) is 18.4. The predicted octanol–water partition coefficient (Wildman–Crippen LogP) is 1.45. The van der Waals surface area contributed by atoms with Gasteiger partial charge in [0.25, 0.3) is 0 Å². The number of benzene rings is 1. The highest BCUT2D eigenvalue weighted by Crippen LogP contribution is 2.31. The summed E-state index contributed by atoms with van der Waals surface area (Å²) >= 11 is 0. The van der Waals surface area contributed by atoms with Gasteiger partial charge in [-0.25, -0.2) is 4.79 Å². The Morgan fingerprint density at radius 2 is 2.12 bits per heavy atom. The summed E-state index contributed by atoms with van der Waals surface area (Å²) in [4.78, 5) is 22.9. The standard InChI is InChI=1S/C18H21N3O4/c1-12(18(24)25-3)8-16(22)15-7-5-4-6-14(15)13-9-20-21(10-13)11-17(23)19-2/h4-7,9-10,16,22H,1,8,11H2,2-3H3,(H,19,23). The first-order valence-corrected chi connectivity index (χ1v) is 7.72. The zero-order valence-electron chi connectivity index (χ0n) is 14.2. The monoisotopic (exact) mass is 343 g/mol. The Hall–Kier alpha value is -2.93. The van der Waals surface area contributed by atoms with Gasteiger partial charge in [-0.05, 0) is 11.1 Å². The van der Waals surface area contributed by atoms with Gasteiger partial charge in [-0.1, -0.05) is 30.8 Å². The maximum Gasteiger partial charge on any atom is 0.333 e. The molecule has 2 N–H and O–H groups in total. The highest BCUT2D eigenvalue weighted by atomic mass is 16.5. The van der Waals surface area contributed by atoms with Crippen molar-refractivity contribution in [2.45, 2.75) is 19.1 Å². The van der Waals surface area contributed by atoms with E-state index in [9.17, 15) is 14.7 Å². The van der Waals surface area contributed by atoms with Crippen molar-refractivity contribution in [1.82, 2.24) is 15.1 Å². The van der Waals surface area contributed by atoms with Crippen LogP contribution in [0.15, 0.2) is 48.8 Å². The Balaban J connectivity index is 2.24. The van der Waals surface area contributed by atoms with Crippen molar-refractivity contribution in [3.05, 3.63) is 54.4 Å². The van der Waals surface area contributed by atoms with E-state index in [4.69, 9.17) is 0 Å². The fourth-order valence-corrected chi connectivity index (χ4v) is 2.44. The molecule has 0 aliphatic carbocycles. The average molecular weight is 343 g/mol. The van der Waals surface area contributed by atoms with E-state index < -0.39 is 12.1 Å². The number of nitrogens with zero attached hydrogens (tertiary/aromatic N) is 2. The molecule has 1 atom stereocenters. The molecule has 1 amide bonds. The first-order valence-electron chi connectivity index (χ1n) is 7.72. The summed E-state index contributed by atoms with van der Waals surface area (Å²) in [5.41, 5.74) is 2.38. The normalized spacial score (nSPS) is 11.6. The molecular formula is C18H21N3O4. The van der Waals surface area contributed by atoms with Crippen molar-refractivity contribution in [3.63, 3.8) is 0 Å². The molecule has 1 aromatic heterocycles. The number of likely N-dealkylation sites (N-methyl/N-ethyl adjacent to an activating group) is 1. The van der Waals surface area contributed by atoms with Crippen LogP contribution in [0.3, 0.4) is 0 Å². The average Bonchev–Trinajstić information content (AvgIpc) is 3.08. The third kappa shape index (κ3) is 4.54. The van der Waals surface area contributed by atoms with E-state index in [-0.39, 0.29) is 24.4 Å². The van der Waals surface area contributed by atoms with Crippen molar-refractivity contribution in [2.24, 2.45) is 0 Å². The molecule has 0 aliphatic heterocycles. The molecule has 1 unspecified atom stereocenters. The van der Waals surface area contributed by atoms with E-state index in [1.165, 1.54) is 11.8 Å². The molecule has 0 radical (unpaired) electrons. The van der Waals surface area contributed by atoms with Crippen LogP contribution >= 0.6 is 0 Å². The van der Waals surface area contributed by atoms with Crippen LogP contribution in [-0.4, -0.2) is 40.9 Å². The number of methoxy groups -OCH3 is 1. The summed E-state index contributed by atoms with van der Waals surface area (Å²) in [6.45, 7) is 3.76. The Labute approximate surface area is 145 Å². The summed E-state index contributed by atoms with van der Waals surface area (Å²) in [7, 11) is 2.83. The van der Waals surface area contributed by atoms with Crippen molar-refractivity contribution in [3.8, 4) is 11.1 Å². The molecule has 25 heavy (non-hydrogen) atoms. The van der Waals surface area contributed by atoms with Gasteiger partial charge in [0.1, 0.15) is 6.54 Å². The highest BCUT2D eigenvalue weighted by Gasteiger charge is 2.18. The SMILES string of the molecule is C=C(CC(O)c1ccccc1-c1cnn(CC(=O)NC)c1)C(=O)OC. The summed E-state index contributed by atoms with van der Waals surface area (Å²) < 4.78 is 6.13. The minimum absolute atomic E-state index is 0.0655. The number of hydrogen-bond donors (Lipinski definition) is 2. The van der Waals surface area contributed by atoms with Crippen LogP contribution in [0, 0.1) is 0 Å². The van der Waals surface area contributed by atoms with Gasteiger partial charge in [-0.15, -0.1) is 0 Å². The Morgan fingerprint density at radius 1 is 1.40 bits per heavy atom. The number of carbonyl (C=O) groups excluding carboxylic acids is 2. The number of aromatic nitrogens is 2. The number of amides is 1. The lowest BCUT2D eigenvalue weighted by Crippen LogP contribution is -2.23. The molecule has 2 rings (SSSR count). The van der Waals surface area contributed by atoms with Crippen LogP contribution in [0.25, 0.3) is 11.1 Å². The van der Waals surface area contributed by atoms with Gasteiger partial charge in [-0.3, -0.25) is 9.48 Å². The molecule has 0 fully saturated rings. The van der Waals surface area contributed by atoms with Gasteiger partial charge in [0.2, 0.25) is 5.91 Å². The van der Waals surface area contributed by atoms with E-state index in [1.807, 2.05) is 12.1 Å². The minimum atomic E-state index is -0.912. The number of carbonyl (C=O) groups is 2. The highest BCUT2D eigenvalue weighted by molar-refractivity contribution is 5.87. The maximum absolute atomic E-state index is 11.5. The van der Waals surface area contributed by atoms with Crippen molar-refractivity contribution in [1.29, 1.82) is 0 Å². The topological polar surface area (TPSA) is 93.5 Å². The Bertz CT molecular complexity index is 782. The lowest BCUT2D eigenvalue weighted by Gasteiger charge is -2.15. The van der Waals surface area contributed by atoms with E-state index >= 15 is 0 Å². The van der Waals surface area contributed by atoms with Crippen LogP contribution in [0.1, 0.15) is 18.1 Å². The number of rotatable bonds is 7. The van der Waals surface area contributed by atoms with Gasteiger partial charge in [0.15, 0.2) is 0 Å². The lowest BCUT2D eigenvalue weighted by atomic mass is 9.95. The quantitative estimate of drug-likeness (QED) is 0.586. The molecule has 0 aliphatic rings. The summed E-state index contributed by atoms with van der Waals surface area (Å²) in [5, 5.41) is 17.2. The number of aliphatic hydroxyl groups excluding tert-OH is 1. The Kier molecular flexibility index (Phi) is 6.08. The van der Waals surface area contributed by atoms with Crippen molar-refractivity contribution in [2.75, 3.05) is 14.2 Å². The molecule has 0 bridgehead atoms. The molecule has 7 nitrogen and oxygen atoms in total. The number of ether oxygens (including phenoxy) is 1. The van der Waals surface area contributed by atoms with Gasteiger partial charge in [0, 0.05) is 30.8 Å². The number of hydrogen-bond acceptors (Lipinski definition) is 5. The fourth-order valence-electron chi connectivity index (χ4n) is 2.44. The largest absolute Gasteiger partial charge is 0.466 e. The Morgan fingerprint density at radius 3 is 2.80 bits per heavy atom. The summed E-state index contributed by atoms with van der Waals surface area (Å²) in [6, 6.07) is 7.27. The molecule has 0 spiro atoms. The third-order valence-corrected chi connectivity index (χ3v) is 3.76. The molecule has 0 saturated carbocycles. The van der Waals surface area contributed by atoms with E-state index in [0.29, 0.717) is 5.56 Å². The third-order valence-electron chi connectivity index (χ3n) is 3.76. The smallest absolute Gasteiger partial charge is 0.333 e. The van der Waals surface area contributed by atoms with Crippen molar-refractivity contribution < 1.29 is 19.4 Å². The fraction of sp³-hybridized carbons (Fsp3) is 0.278. The van der Waals surface area contributed by atoms with Gasteiger partial charge >= 0.3 is 5.97 Å². The molecule has 1 heterocycles. The zero-order valence-corrected chi connectivity index (χ0v) is 14.2. The first-order chi connectivity index (χ1) is 12.0. The van der Waals surface area contributed by atoms with Crippen LogP contribution in [0.5, 0.6) is 0 Å². The number of aliphatic hydroxyl groups is 1. The van der Waals surface area contributed by atoms with Gasteiger partial charge in [-0.2, -0.15) is 5.10 Å². The van der Waals surface area contributed by atoms with Crippen LogP contribution < -0.4 is 5.32 Å². The number of esters is 1. The van der Waals surface area contributed by atoms with Gasteiger partial charge < -0.3 is 15.2 Å². The van der Waals surface area contributed by atoms with Crippen molar-refractivity contribution >= 4 is 11.9 Å². The molecule has 0 saturated heterocycles. The lowest BCUT2D eigenvalue weighted by molar-refractivity contribution is -0.136. The molecule has 7 heteroatoms. The van der Waals surface area contributed by atoms with Gasteiger partial charge in [0.05, 0.1) is 19.4 Å². The van der Waals surface area contributed by atoms with Crippen LogP contribution in [-0.2, 0) is 20.9 Å². The summed E-state index contributed by atoms with van der Waals surface area (Å²) in [5.74, 6) is -0.702. The van der Waals surface area contributed by atoms with E-state index in [0.717, 1.165) is 11.1 Å². The van der Waals surface area contributed by atoms with Crippen LogP contribution in [0.4, 0.5) is 0 Å².